The molecule has 0 radical (unpaired) electrons. The molecule has 0 amide bonds. The molecule has 5 fully saturated rings. The Morgan fingerprint density at radius 1 is 0.949 bits per heavy atom. The van der Waals surface area contributed by atoms with Crippen LogP contribution in [0.4, 0.5) is 0 Å². The van der Waals surface area contributed by atoms with Crippen molar-refractivity contribution in [1.29, 1.82) is 10.5 Å². The minimum absolute atomic E-state index is 0.0260. The van der Waals surface area contributed by atoms with Crippen molar-refractivity contribution in [3.63, 3.8) is 0 Å². The van der Waals surface area contributed by atoms with E-state index in [-0.39, 0.29) is 37.2 Å². The van der Waals surface area contributed by atoms with Gasteiger partial charge in [0.2, 0.25) is 0 Å². The van der Waals surface area contributed by atoms with E-state index in [0.717, 1.165) is 49.5 Å². The molecular weight excluding hydrogens is 519 g/mol. The monoisotopic (exact) mass is 558 g/mol. The summed E-state index contributed by atoms with van der Waals surface area (Å²) in [5.41, 5.74) is 0.253. The highest BCUT2D eigenvalue weighted by Gasteiger charge is 2.76. The highest BCUT2D eigenvalue weighted by molar-refractivity contribution is 7.48. The fourth-order valence-corrected chi connectivity index (χ4v) is 8.33. The van der Waals surface area contributed by atoms with E-state index in [1.807, 2.05) is 18.2 Å². The third-order valence-electron chi connectivity index (χ3n) is 8.68. The van der Waals surface area contributed by atoms with Crippen molar-refractivity contribution < 1.29 is 32.6 Å². The predicted molar refractivity (Wildman–Crippen MR) is 141 cm³/mol. The SMILES string of the molecule is CC(C)(C)CCOC1(c2cccc(OP(=O)(OCCC#N)OCCC#N)c2)OOC12C1CC3CC(C1)CC2C3. The van der Waals surface area contributed by atoms with Gasteiger partial charge in [-0.3, -0.25) is 9.05 Å². The number of hydrogen-bond donors (Lipinski definition) is 0. The van der Waals surface area contributed by atoms with Gasteiger partial charge >= 0.3 is 7.82 Å². The van der Waals surface area contributed by atoms with Gasteiger partial charge in [0.25, 0.3) is 5.79 Å². The summed E-state index contributed by atoms with van der Waals surface area (Å²) in [5.74, 6) is 1.33. The molecule has 1 spiro atoms. The Morgan fingerprint density at radius 2 is 1.56 bits per heavy atom. The van der Waals surface area contributed by atoms with Crippen LogP contribution in [0.25, 0.3) is 0 Å². The van der Waals surface area contributed by atoms with Crippen LogP contribution >= 0.6 is 7.82 Å². The molecule has 39 heavy (non-hydrogen) atoms. The standard InChI is InChI=1S/C29H39N2O7P/c1-27(2,3)9-14-33-29(28(37-38-29)24-16-21-15-22(18-24)19-25(28)17-21)23-7-4-8-26(20-23)36-39(32,34-12-5-10-30)35-13-6-11-31/h4,7-8,20-22,24-25H,5-6,9,12-19H2,1-3H3. The Morgan fingerprint density at radius 3 is 2.08 bits per heavy atom. The van der Waals surface area contributed by atoms with Crippen LogP contribution in [0, 0.1) is 51.7 Å². The number of phosphoric ester groups is 1. The second kappa shape index (κ2) is 11.1. The van der Waals surface area contributed by atoms with E-state index >= 15 is 0 Å². The average Bonchev–Trinajstić information content (AvgIpc) is 2.85. The molecule has 1 aliphatic heterocycles. The van der Waals surface area contributed by atoms with Crippen LogP contribution in [0.15, 0.2) is 24.3 Å². The topological polar surface area (TPSA) is 120 Å². The van der Waals surface area contributed by atoms with E-state index in [2.05, 4.69) is 20.8 Å². The molecule has 4 aliphatic carbocycles. The summed E-state index contributed by atoms with van der Waals surface area (Å²) in [6.45, 7) is 6.82. The molecule has 1 unspecified atom stereocenters. The summed E-state index contributed by atoms with van der Waals surface area (Å²) in [6.07, 6.45) is 6.68. The van der Waals surface area contributed by atoms with E-state index in [1.54, 1.807) is 18.2 Å². The van der Waals surface area contributed by atoms with Gasteiger partial charge in [0.1, 0.15) is 5.75 Å². The summed E-state index contributed by atoms with van der Waals surface area (Å²) < 4.78 is 36.7. The number of phosphoric acid groups is 1. The normalized spacial score (nSPS) is 32.9. The fourth-order valence-electron chi connectivity index (χ4n) is 7.15. The van der Waals surface area contributed by atoms with E-state index < -0.39 is 19.2 Å². The summed E-state index contributed by atoms with van der Waals surface area (Å²) in [4.78, 5) is 12.3. The highest BCUT2D eigenvalue weighted by atomic mass is 31.2. The minimum Gasteiger partial charge on any atom is -0.404 e. The molecule has 1 saturated heterocycles. The van der Waals surface area contributed by atoms with Crippen LogP contribution in [0.5, 0.6) is 5.75 Å². The number of nitriles is 2. The van der Waals surface area contributed by atoms with Crippen molar-refractivity contribution in [3.05, 3.63) is 29.8 Å². The van der Waals surface area contributed by atoms with Gasteiger partial charge in [-0.1, -0.05) is 32.9 Å². The van der Waals surface area contributed by atoms with Crippen molar-refractivity contribution in [2.75, 3.05) is 19.8 Å². The number of benzene rings is 1. The number of hydrogen-bond acceptors (Lipinski definition) is 9. The second-order valence-electron chi connectivity index (χ2n) is 12.6. The van der Waals surface area contributed by atoms with Crippen LogP contribution < -0.4 is 4.52 Å². The van der Waals surface area contributed by atoms with Crippen molar-refractivity contribution >= 4 is 7.82 Å². The summed E-state index contributed by atoms with van der Waals surface area (Å²) in [5, 5.41) is 17.7. The molecule has 4 bridgehead atoms. The molecule has 0 N–H and O–H groups in total. The van der Waals surface area contributed by atoms with E-state index in [1.165, 1.54) is 6.42 Å². The van der Waals surface area contributed by atoms with E-state index in [9.17, 15) is 4.57 Å². The van der Waals surface area contributed by atoms with Crippen molar-refractivity contribution in [2.45, 2.75) is 83.5 Å². The minimum atomic E-state index is -4.08. The molecule has 212 valence electrons. The third-order valence-corrected chi connectivity index (χ3v) is 10.1. The molecular formula is C29H39N2O7P. The Hall–Kier alpha value is -1.97. The first-order valence-electron chi connectivity index (χ1n) is 14.1. The van der Waals surface area contributed by atoms with Crippen molar-refractivity contribution in [3.8, 4) is 17.9 Å². The van der Waals surface area contributed by atoms with Gasteiger partial charge in [0.15, 0.2) is 5.60 Å². The van der Waals surface area contributed by atoms with E-state index in [0.29, 0.717) is 18.4 Å². The molecule has 1 heterocycles. The first-order chi connectivity index (χ1) is 18.6. The predicted octanol–water partition coefficient (Wildman–Crippen LogP) is 6.80. The average molecular weight is 559 g/mol. The first-order valence-corrected chi connectivity index (χ1v) is 15.5. The molecule has 9 nitrogen and oxygen atoms in total. The lowest BCUT2D eigenvalue weighted by molar-refractivity contribution is -0.648. The van der Waals surface area contributed by atoms with Gasteiger partial charge in [0, 0.05) is 5.56 Å². The Kier molecular flexibility index (Phi) is 8.15. The van der Waals surface area contributed by atoms with Gasteiger partial charge in [-0.15, -0.1) is 0 Å². The fraction of sp³-hybridized carbons (Fsp3) is 0.724. The van der Waals surface area contributed by atoms with Gasteiger partial charge in [-0.05, 0) is 79.7 Å². The van der Waals surface area contributed by atoms with Crippen LogP contribution in [0.1, 0.15) is 77.7 Å². The largest absolute Gasteiger partial charge is 0.530 e. The molecule has 4 saturated carbocycles. The van der Waals surface area contributed by atoms with Crippen LogP contribution in [-0.2, 0) is 33.9 Å². The van der Waals surface area contributed by atoms with Crippen LogP contribution in [0.2, 0.25) is 0 Å². The van der Waals surface area contributed by atoms with E-state index in [4.69, 9.17) is 38.6 Å². The molecule has 1 aromatic carbocycles. The summed E-state index contributed by atoms with van der Waals surface area (Å²) >= 11 is 0. The molecule has 0 aromatic heterocycles. The maximum absolute atomic E-state index is 13.4. The Balaban J connectivity index is 1.45. The zero-order valence-electron chi connectivity index (χ0n) is 23.1. The van der Waals surface area contributed by atoms with Crippen LogP contribution in [-0.4, -0.2) is 25.4 Å². The van der Waals surface area contributed by atoms with Gasteiger partial charge in [-0.25, -0.2) is 9.45 Å². The summed E-state index contributed by atoms with van der Waals surface area (Å²) in [7, 11) is -4.08. The lowest BCUT2D eigenvalue weighted by Crippen LogP contribution is -2.76. The zero-order chi connectivity index (χ0) is 27.7. The lowest BCUT2D eigenvalue weighted by Gasteiger charge is -2.69. The molecule has 6 rings (SSSR count). The molecule has 5 aliphatic rings. The quantitative estimate of drug-likeness (QED) is 0.155. The Bertz CT molecular complexity index is 1120. The number of nitrogens with zero attached hydrogens (tertiary/aromatic N) is 2. The molecule has 1 aromatic rings. The smallest absolute Gasteiger partial charge is 0.404 e. The second-order valence-corrected chi connectivity index (χ2v) is 14.2. The lowest BCUT2D eigenvalue weighted by atomic mass is 9.47. The maximum atomic E-state index is 13.4. The van der Waals surface area contributed by atoms with Gasteiger partial charge < -0.3 is 9.26 Å². The maximum Gasteiger partial charge on any atom is 0.530 e. The highest BCUT2D eigenvalue weighted by Crippen LogP contribution is 2.69. The summed E-state index contributed by atoms with van der Waals surface area (Å²) in [6, 6.07) is 11.1. The van der Waals surface area contributed by atoms with Gasteiger partial charge in [0.05, 0.1) is 44.8 Å². The Labute approximate surface area is 231 Å². The third kappa shape index (κ3) is 5.51. The zero-order valence-corrected chi connectivity index (χ0v) is 24.0. The number of rotatable bonds is 12. The van der Waals surface area contributed by atoms with Crippen LogP contribution in [0.3, 0.4) is 0 Å². The van der Waals surface area contributed by atoms with Gasteiger partial charge in [-0.2, -0.15) is 15.4 Å². The number of ether oxygens (including phenoxy) is 1. The first kappa shape index (κ1) is 28.6. The van der Waals surface area contributed by atoms with Crippen molar-refractivity contribution in [2.24, 2.45) is 29.1 Å². The molecule has 1 atom stereocenters. The molecule has 10 heteroatoms. The van der Waals surface area contributed by atoms with Crippen molar-refractivity contribution in [1.82, 2.24) is 0 Å².